The highest BCUT2D eigenvalue weighted by Gasteiger charge is 2.27. The summed E-state index contributed by atoms with van der Waals surface area (Å²) in [7, 11) is 1.73. The molecule has 1 atom stereocenters. The Hall–Kier alpha value is -3.10. The molecule has 1 aliphatic rings. The highest BCUT2D eigenvalue weighted by Crippen LogP contribution is 2.24. The van der Waals surface area contributed by atoms with Gasteiger partial charge in [0.15, 0.2) is 5.69 Å². The van der Waals surface area contributed by atoms with E-state index in [1.807, 2.05) is 0 Å². The first-order valence-corrected chi connectivity index (χ1v) is 8.83. The number of halogens is 1. The van der Waals surface area contributed by atoms with Crippen molar-refractivity contribution in [3.8, 4) is 11.4 Å². The van der Waals surface area contributed by atoms with Crippen LogP contribution in [0.1, 0.15) is 29.2 Å². The third-order valence-electron chi connectivity index (χ3n) is 4.67. The van der Waals surface area contributed by atoms with Crippen LogP contribution < -0.4 is 0 Å². The van der Waals surface area contributed by atoms with Gasteiger partial charge in [0.25, 0.3) is 5.91 Å². The number of nitrogens with zero attached hydrogens (tertiary/aromatic N) is 6. The van der Waals surface area contributed by atoms with Crippen LogP contribution in [0.25, 0.3) is 11.4 Å². The van der Waals surface area contributed by atoms with E-state index in [-0.39, 0.29) is 23.5 Å². The topological polar surface area (TPSA) is 89.9 Å². The van der Waals surface area contributed by atoms with E-state index in [9.17, 15) is 9.18 Å². The van der Waals surface area contributed by atoms with E-state index in [1.54, 1.807) is 36.3 Å². The minimum Gasteiger partial charge on any atom is -0.339 e. The van der Waals surface area contributed by atoms with Gasteiger partial charge >= 0.3 is 0 Å². The number of carbonyl (C=O) groups excluding carboxylic acids is 1. The van der Waals surface area contributed by atoms with Gasteiger partial charge in [-0.05, 0) is 30.9 Å². The van der Waals surface area contributed by atoms with Gasteiger partial charge < -0.3 is 9.42 Å². The Balaban J connectivity index is 1.43. The van der Waals surface area contributed by atoms with Gasteiger partial charge in [0.05, 0.1) is 11.8 Å². The molecule has 9 heteroatoms. The van der Waals surface area contributed by atoms with E-state index in [4.69, 9.17) is 4.52 Å². The van der Waals surface area contributed by atoms with Crippen molar-refractivity contribution in [2.75, 3.05) is 13.1 Å². The second-order valence-corrected chi connectivity index (χ2v) is 6.73. The third-order valence-corrected chi connectivity index (χ3v) is 4.67. The van der Waals surface area contributed by atoms with Crippen molar-refractivity contribution in [1.29, 1.82) is 0 Å². The van der Waals surface area contributed by atoms with Crippen molar-refractivity contribution in [2.45, 2.75) is 19.3 Å². The number of piperidine rings is 1. The Labute approximate surface area is 155 Å². The van der Waals surface area contributed by atoms with Gasteiger partial charge in [0, 0.05) is 26.6 Å². The standard InChI is InChI=1S/C18H19FN6O2/c1-24-11-15(21-23-24)18(26)25-8-4-5-12(10-25)9-16-20-17(22-27-16)13-6-2-3-7-14(13)19/h2-3,6-7,11-12H,4-5,8-10H2,1H3. The number of likely N-dealkylation sites (tertiary alicyclic amines) is 1. The molecule has 1 fully saturated rings. The molecule has 27 heavy (non-hydrogen) atoms. The van der Waals surface area contributed by atoms with Crippen molar-refractivity contribution in [2.24, 2.45) is 13.0 Å². The Morgan fingerprint density at radius 2 is 2.22 bits per heavy atom. The summed E-state index contributed by atoms with van der Waals surface area (Å²) < 4.78 is 20.7. The second kappa shape index (κ2) is 7.26. The minimum absolute atomic E-state index is 0.120. The van der Waals surface area contributed by atoms with Crippen LogP contribution in [-0.2, 0) is 13.5 Å². The van der Waals surface area contributed by atoms with Crippen molar-refractivity contribution in [3.05, 3.63) is 47.9 Å². The number of aryl methyl sites for hydroxylation is 1. The van der Waals surface area contributed by atoms with E-state index >= 15 is 0 Å². The first-order chi connectivity index (χ1) is 13.1. The van der Waals surface area contributed by atoms with Gasteiger partial charge in [-0.3, -0.25) is 9.48 Å². The van der Waals surface area contributed by atoms with Gasteiger partial charge in [0.1, 0.15) is 5.82 Å². The molecule has 4 rings (SSSR count). The number of carbonyl (C=O) groups is 1. The Bertz CT molecular complexity index is 953. The number of aromatic nitrogens is 5. The molecule has 3 heterocycles. The fourth-order valence-corrected chi connectivity index (χ4v) is 3.36. The summed E-state index contributed by atoms with van der Waals surface area (Å²) >= 11 is 0. The first-order valence-electron chi connectivity index (χ1n) is 8.83. The number of amides is 1. The van der Waals surface area contributed by atoms with Gasteiger partial charge in [-0.25, -0.2) is 4.39 Å². The first kappa shape index (κ1) is 17.3. The van der Waals surface area contributed by atoms with Crippen LogP contribution in [0, 0.1) is 11.7 Å². The lowest BCUT2D eigenvalue weighted by molar-refractivity contribution is 0.0662. The lowest BCUT2D eigenvalue weighted by atomic mass is 9.94. The fraction of sp³-hybridized carbons (Fsp3) is 0.389. The van der Waals surface area contributed by atoms with E-state index in [2.05, 4.69) is 20.5 Å². The van der Waals surface area contributed by atoms with Crippen molar-refractivity contribution in [1.82, 2.24) is 30.0 Å². The van der Waals surface area contributed by atoms with Crippen LogP contribution in [0.15, 0.2) is 35.0 Å². The molecular formula is C18H19FN6O2. The maximum absolute atomic E-state index is 13.9. The van der Waals surface area contributed by atoms with Crippen LogP contribution in [0.4, 0.5) is 4.39 Å². The van der Waals surface area contributed by atoms with Crippen LogP contribution in [-0.4, -0.2) is 49.0 Å². The molecule has 0 radical (unpaired) electrons. The molecule has 1 aliphatic heterocycles. The SMILES string of the molecule is Cn1cc(C(=O)N2CCCC(Cc3nc(-c4ccccc4F)no3)C2)nn1. The highest BCUT2D eigenvalue weighted by molar-refractivity contribution is 5.92. The number of hydrogen-bond acceptors (Lipinski definition) is 6. The number of rotatable bonds is 4. The van der Waals surface area contributed by atoms with E-state index in [0.717, 1.165) is 12.8 Å². The quantitative estimate of drug-likeness (QED) is 0.699. The summed E-state index contributed by atoms with van der Waals surface area (Å²) in [6, 6.07) is 6.32. The average Bonchev–Trinajstić information content (AvgIpc) is 3.31. The van der Waals surface area contributed by atoms with Crippen LogP contribution in [0.3, 0.4) is 0 Å². The average molecular weight is 370 g/mol. The number of hydrogen-bond donors (Lipinski definition) is 0. The lowest BCUT2D eigenvalue weighted by Gasteiger charge is -2.31. The zero-order valence-electron chi connectivity index (χ0n) is 14.9. The Morgan fingerprint density at radius 1 is 1.37 bits per heavy atom. The zero-order valence-corrected chi connectivity index (χ0v) is 14.9. The maximum Gasteiger partial charge on any atom is 0.276 e. The Morgan fingerprint density at radius 3 is 3.00 bits per heavy atom. The third kappa shape index (κ3) is 3.71. The van der Waals surface area contributed by atoms with E-state index in [0.29, 0.717) is 36.7 Å². The molecule has 1 aromatic carbocycles. The maximum atomic E-state index is 13.9. The monoisotopic (exact) mass is 370 g/mol. The van der Waals surface area contributed by atoms with Crippen molar-refractivity contribution in [3.63, 3.8) is 0 Å². The second-order valence-electron chi connectivity index (χ2n) is 6.73. The molecule has 1 unspecified atom stereocenters. The Kier molecular flexibility index (Phi) is 4.66. The van der Waals surface area contributed by atoms with Crippen LogP contribution in [0.5, 0.6) is 0 Å². The van der Waals surface area contributed by atoms with Gasteiger partial charge in [-0.2, -0.15) is 4.98 Å². The molecule has 0 N–H and O–H groups in total. The summed E-state index contributed by atoms with van der Waals surface area (Å²) in [6.45, 7) is 1.28. The molecule has 1 saturated heterocycles. The predicted octanol–water partition coefficient (Wildman–Crippen LogP) is 2.10. The molecule has 140 valence electrons. The minimum atomic E-state index is -0.386. The van der Waals surface area contributed by atoms with Crippen LogP contribution >= 0.6 is 0 Å². The van der Waals surface area contributed by atoms with E-state index < -0.39 is 0 Å². The van der Waals surface area contributed by atoms with Crippen molar-refractivity contribution >= 4 is 5.91 Å². The summed E-state index contributed by atoms with van der Waals surface area (Å²) in [6.07, 6.45) is 4.02. The molecule has 0 bridgehead atoms. The van der Waals surface area contributed by atoms with Gasteiger partial charge in [0.2, 0.25) is 11.7 Å². The normalized spacial score (nSPS) is 17.3. The summed E-state index contributed by atoms with van der Waals surface area (Å²) in [5, 5.41) is 11.6. The molecule has 1 amide bonds. The van der Waals surface area contributed by atoms with Gasteiger partial charge in [-0.15, -0.1) is 5.10 Å². The van der Waals surface area contributed by atoms with Crippen molar-refractivity contribution < 1.29 is 13.7 Å². The molecule has 0 saturated carbocycles. The van der Waals surface area contributed by atoms with Gasteiger partial charge in [-0.1, -0.05) is 22.5 Å². The lowest BCUT2D eigenvalue weighted by Crippen LogP contribution is -2.40. The largest absolute Gasteiger partial charge is 0.339 e. The predicted molar refractivity (Wildman–Crippen MR) is 93.0 cm³/mol. The fourth-order valence-electron chi connectivity index (χ4n) is 3.36. The highest BCUT2D eigenvalue weighted by atomic mass is 19.1. The molecule has 0 spiro atoms. The summed E-state index contributed by atoms with van der Waals surface area (Å²) in [5.74, 6) is 0.389. The zero-order chi connectivity index (χ0) is 18.8. The molecule has 3 aromatic rings. The summed E-state index contributed by atoms with van der Waals surface area (Å²) in [5.41, 5.74) is 0.661. The smallest absolute Gasteiger partial charge is 0.276 e. The van der Waals surface area contributed by atoms with Crippen LogP contribution in [0.2, 0.25) is 0 Å². The molecular weight excluding hydrogens is 351 g/mol. The molecule has 0 aliphatic carbocycles. The van der Waals surface area contributed by atoms with E-state index in [1.165, 1.54) is 10.7 Å². The summed E-state index contributed by atoms with van der Waals surface area (Å²) in [4.78, 5) is 18.7. The number of benzene rings is 1. The molecule has 2 aromatic heterocycles. The molecule has 8 nitrogen and oxygen atoms in total.